The number of methoxy groups -OCH3 is 1. The highest BCUT2D eigenvalue weighted by atomic mass is 32.2. The van der Waals surface area contributed by atoms with E-state index in [1.165, 1.54) is 4.68 Å². The molecule has 164 valence electrons. The molecule has 0 fully saturated rings. The van der Waals surface area contributed by atoms with E-state index in [1.807, 2.05) is 24.3 Å². The number of carbonyl (C=O) groups is 2. The predicted octanol–water partition coefficient (Wildman–Crippen LogP) is 2.06. The Kier molecular flexibility index (Phi) is 6.36. The number of hydrogen-bond donors (Lipinski definition) is 3. The summed E-state index contributed by atoms with van der Waals surface area (Å²) in [6.45, 7) is 0. The average molecular weight is 452 g/mol. The summed E-state index contributed by atoms with van der Waals surface area (Å²) in [7, 11) is 1.58. The molecule has 3 N–H and O–H groups in total. The molecule has 0 saturated carbocycles. The van der Waals surface area contributed by atoms with Gasteiger partial charge in [-0.15, -0.1) is 5.10 Å². The van der Waals surface area contributed by atoms with Crippen molar-refractivity contribution >= 4 is 34.5 Å². The fraction of sp³-hybridized carbons (Fsp3) is 0.190. The Bertz CT molecular complexity index is 1240. The standard InChI is InChI=1S/C21H20N6O4S/c1-31-15-8-6-14(7-9-15)27-21(24-25-26-27)32-12-19(28)23-18(20(29)30)10-13-11-22-17-5-3-2-4-16(13)17/h2-9,11,18,22H,10,12H2,1H3,(H,23,28)(H,29,30). The van der Waals surface area contributed by atoms with Gasteiger partial charge in [-0.3, -0.25) is 4.79 Å². The molecule has 11 heteroatoms. The second kappa shape index (κ2) is 9.52. The van der Waals surface area contributed by atoms with Crippen molar-refractivity contribution in [2.75, 3.05) is 12.9 Å². The number of nitrogens with zero attached hydrogens (tertiary/aromatic N) is 4. The van der Waals surface area contributed by atoms with Crippen LogP contribution in [-0.2, 0) is 16.0 Å². The quantitative estimate of drug-likeness (QED) is 0.329. The first-order chi connectivity index (χ1) is 15.5. The van der Waals surface area contributed by atoms with Crippen molar-refractivity contribution in [3.63, 3.8) is 0 Å². The first-order valence-corrected chi connectivity index (χ1v) is 10.7. The van der Waals surface area contributed by atoms with Gasteiger partial charge >= 0.3 is 5.97 Å². The van der Waals surface area contributed by atoms with Crippen molar-refractivity contribution in [2.45, 2.75) is 17.6 Å². The molecule has 0 aliphatic rings. The first-order valence-electron chi connectivity index (χ1n) is 9.68. The summed E-state index contributed by atoms with van der Waals surface area (Å²) in [5, 5.41) is 25.1. The fourth-order valence-electron chi connectivity index (χ4n) is 3.24. The third kappa shape index (κ3) is 4.72. The fourth-order valence-corrected chi connectivity index (χ4v) is 3.94. The number of fused-ring (bicyclic) bond motifs is 1. The third-order valence-corrected chi connectivity index (χ3v) is 5.74. The van der Waals surface area contributed by atoms with Crippen LogP contribution in [0.2, 0.25) is 0 Å². The average Bonchev–Trinajstić information content (AvgIpc) is 3.44. The van der Waals surface area contributed by atoms with Crippen LogP contribution in [0.5, 0.6) is 5.75 Å². The lowest BCUT2D eigenvalue weighted by Gasteiger charge is -2.14. The van der Waals surface area contributed by atoms with Crippen LogP contribution in [-0.4, -0.2) is 61.1 Å². The number of benzene rings is 2. The van der Waals surface area contributed by atoms with E-state index in [4.69, 9.17) is 4.74 Å². The van der Waals surface area contributed by atoms with E-state index in [0.29, 0.717) is 16.6 Å². The van der Waals surface area contributed by atoms with Gasteiger partial charge in [-0.1, -0.05) is 30.0 Å². The smallest absolute Gasteiger partial charge is 0.326 e. The number of aromatic nitrogens is 5. The lowest BCUT2D eigenvalue weighted by Crippen LogP contribution is -2.43. The van der Waals surface area contributed by atoms with Gasteiger partial charge in [0.2, 0.25) is 11.1 Å². The number of carboxylic acid groups (broad SMARTS) is 1. The number of ether oxygens (including phenoxy) is 1. The molecule has 0 radical (unpaired) electrons. The van der Waals surface area contributed by atoms with E-state index in [-0.39, 0.29) is 12.2 Å². The summed E-state index contributed by atoms with van der Waals surface area (Å²) in [6.07, 6.45) is 1.93. The number of hydrogen-bond acceptors (Lipinski definition) is 7. The van der Waals surface area contributed by atoms with Gasteiger partial charge in [-0.2, -0.15) is 4.68 Å². The van der Waals surface area contributed by atoms with Gasteiger partial charge < -0.3 is 20.1 Å². The Labute approximate surface area is 187 Å². The molecular weight excluding hydrogens is 432 g/mol. The Morgan fingerprint density at radius 3 is 2.75 bits per heavy atom. The second-order valence-electron chi connectivity index (χ2n) is 6.88. The lowest BCUT2D eigenvalue weighted by atomic mass is 10.1. The molecule has 1 amide bonds. The highest BCUT2D eigenvalue weighted by molar-refractivity contribution is 7.99. The van der Waals surface area contributed by atoms with Crippen LogP contribution in [0.25, 0.3) is 16.6 Å². The van der Waals surface area contributed by atoms with Crippen molar-refractivity contribution in [2.24, 2.45) is 0 Å². The predicted molar refractivity (Wildman–Crippen MR) is 118 cm³/mol. The monoisotopic (exact) mass is 452 g/mol. The zero-order valence-corrected chi connectivity index (χ0v) is 17.9. The number of aliphatic carboxylic acids is 1. The summed E-state index contributed by atoms with van der Waals surface area (Å²) in [4.78, 5) is 27.3. The second-order valence-corrected chi connectivity index (χ2v) is 7.82. The van der Waals surface area contributed by atoms with Crippen LogP contribution < -0.4 is 10.1 Å². The maximum Gasteiger partial charge on any atom is 0.326 e. The molecule has 2 aromatic carbocycles. The summed E-state index contributed by atoms with van der Waals surface area (Å²) in [5.41, 5.74) is 2.45. The molecule has 2 heterocycles. The molecule has 4 rings (SSSR count). The molecule has 10 nitrogen and oxygen atoms in total. The Morgan fingerprint density at radius 2 is 2.00 bits per heavy atom. The van der Waals surface area contributed by atoms with Gasteiger partial charge in [0.25, 0.3) is 0 Å². The first kappa shape index (κ1) is 21.4. The summed E-state index contributed by atoms with van der Waals surface area (Å²) in [5.74, 6) is -0.859. The van der Waals surface area contributed by atoms with E-state index in [2.05, 4.69) is 25.8 Å². The number of carboxylic acids is 1. The SMILES string of the molecule is COc1ccc(-n2nnnc2SCC(=O)NC(Cc2c[nH]c3ccccc23)C(=O)O)cc1. The molecule has 1 atom stereocenters. The van der Waals surface area contributed by atoms with Gasteiger partial charge in [0, 0.05) is 23.5 Å². The molecular formula is C21H20N6O4S. The van der Waals surface area contributed by atoms with Crippen molar-refractivity contribution in [1.29, 1.82) is 0 Å². The minimum absolute atomic E-state index is 0.0335. The zero-order chi connectivity index (χ0) is 22.5. The van der Waals surface area contributed by atoms with Gasteiger partial charge in [-0.05, 0) is 46.3 Å². The summed E-state index contributed by atoms with van der Waals surface area (Å²) in [6, 6.07) is 13.7. The number of para-hydroxylation sites is 1. The van der Waals surface area contributed by atoms with Crippen molar-refractivity contribution in [3.05, 3.63) is 60.3 Å². The molecule has 0 bridgehead atoms. The molecule has 0 aliphatic carbocycles. The highest BCUT2D eigenvalue weighted by Gasteiger charge is 2.22. The Morgan fingerprint density at radius 1 is 1.22 bits per heavy atom. The topological polar surface area (TPSA) is 135 Å². The number of tetrazole rings is 1. The Hall–Kier alpha value is -3.86. The van der Waals surface area contributed by atoms with Crippen LogP contribution in [0.15, 0.2) is 59.9 Å². The van der Waals surface area contributed by atoms with Crippen LogP contribution in [0.4, 0.5) is 0 Å². The van der Waals surface area contributed by atoms with Gasteiger partial charge in [0.15, 0.2) is 0 Å². The zero-order valence-electron chi connectivity index (χ0n) is 17.1. The number of H-pyrrole nitrogens is 1. The molecule has 1 unspecified atom stereocenters. The minimum atomic E-state index is -1.10. The van der Waals surface area contributed by atoms with Gasteiger partial charge in [-0.25, -0.2) is 4.79 Å². The van der Waals surface area contributed by atoms with E-state index in [0.717, 1.165) is 28.2 Å². The third-order valence-electron chi connectivity index (χ3n) is 4.82. The molecule has 4 aromatic rings. The Balaban J connectivity index is 1.39. The van der Waals surface area contributed by atoms with Crippen molar-refractivity contribution in [1.82, 2.24) is 30.5 Å². The van der Waals surface area contributed by atoms with Crippen molar-refractivity contribution < 1.29 is 19.4 Å². The molecule has 2 aromatic heterocycles. The van der Waals surface area contributed by atoms with Gasteiger partial charge in [0.1, 0.15) is 11.8 Å². The lowest BCUT2D eigenvalue weighted by molar-refractivity contribution is -0.141. The largest absolute Gasteiger partial charge is 0.497 e. The maximum atomic E-state index is 12.5. The number of thioether (sulfide) groups is 1. The molecule has 32 heavy (non-hydrogen) atoms. The van der Waals surface area contributed by atoms with Crippen molar-refractivity contribution in [3.8, 4) is 11.4 Å². The molecule has 0 saturated heterocycles. The maximum absolute atomic E-state index is 12.5. The number of carbonyl (C=O) groups excluding carboxylic acids is 1. The van der Waals surface area contributed by atoms with E-state index in [1.54, 1.807) is 37.6 Å². The normalized spacial score (nSPS) is 11.9. The summed E-state index contributed by atoms with van der Waals surface area (Å²) < 4.78 is 6.64. The minimum Gasteiger partial charge on any atom is -0.497 e. The molecule has 0 aliphatic heterocycles. The summed E-state index contributed by atoms with van der Waals surface area (Å²) >= 11 is 1.12. The van der Waals surface area contributed by atoms with Crippen LogP contribution >= 0.6 is 11.8 Å². The van der Waals surface area contributed by atoms with E-state index >= 15 is 0 Å². The number of amides is 1. The van der Waals surface area contributed by atoms with Crippen LogP contribution in [0, 0.1) is 0 Å². The molecule has 0 spiro atoms. The van der Waals surface area contributed by atoms with E-state index < -0.39 is 17.9 Å². The number of aromatic amines is 1. The van der Waals surface area contributed by atoms with E-state index in [9.17, 15) is 14.7 Å². The van der Waals surface area contributed by atoms with Crippen LogP contribution in [0.1, 0.15) is 5.56 Å². The highest BCUT2D eigenvalue weighted by Crippen LogP contribution is 2.21. The van der Waals surface area contributed by atoms with Gasteiger partial charge in [0.05, 0.1) is 18.6 Å². The van der Waals surface area contributed by atoms with Crippen LogP contribution in [0.3, 0.4) is 0 Å². The number of rotatable bonds is 9. The number of nitrogens with one attached hydrogen (secondary N) is 2.